The highest BCUT2D eigenvalue weighted by molar-refractivity contribution is 7.99. The van der Waals surface area contributed by atoms with E-state index in [2.05, 4.69) is 0 Å². The third-order valence-corrected chi connectivity index (χ3v) is 10.6. The number of carbonyl (C=O) groups excluding carboxylic acids is 1. The lowest BCUT2D eigenvalue weighted by atomic mass is 9.96. The molecule has 1 atom stereocenters. The quantitative estimate of drug-likeness (QED) is 0.414. The fourth-order valence-corrected chi connectivity index (χ4v) is 8.34. The SMILES string of the molecule is CSc1ccccc1S(=O)(=O)N1CCC(C(=O)N(CC2CCCO2)c2nc3ccccc3s2)CC1. The number of benzene rings is 2. The average molecular weight is 532 g/mol. The summed E-state index contributed by atoms with van der Waals surface area (Å²) in [4.78, 5) is 21.4. The molecule has 186 valence electrons. The second kappa shape index (κ2) is 10.6. The zero-order valence-corrected chi connectivity index (χ0v) is 22.1. The number of piperidine rings is 1. The molecule has 1 unspecified atom stereocenters. The molecule has 2 saturated heterocycles. The number of aromatic nitrogens is 1. The molecular weight excluding hydrogens is 502 g/mol. The molecule has 0 saturated carbocycles. The summed E-state index contributed by atoms with van der Waals surface area (Å²) in [6, 6.07) is 15.0. The average Bonchev–Trinajstić information content (AvgIpc) is 3.56. The summed E-state index contributed by atoms with van der Waals surface area (Å²) in [6.07, 6.45) is 4.80. The van der Waals surface area contributed by atoms with Crippen molar-refractivity contribution in [3.8, 4) is 0 Å². The molecule has 1 aromatic heterocycles. The molecule has 0 bridgehead atoms. The van der Waals surface area contributed by atoms with Crippen LogP contribution in [0.4, 0.5) is 5.13 Å². The summed E-state index contributed by atoms with van der Waals surface area (Å²) in [7, 11) is -3.60. The van der Waals surface area contributed by atoms with Crippen molar-refractivity contribution in [3.05, 3.63) is 48.5 Å². The molecule has 1 amide bonds. The first-order chi connectivity index (χ1) is 17.0. The Balaban J connectivity index is 1.33. The number of amides is 1. The van der Waals surface area contributed by atoms with Crippen LogP contribution in [0.15, 0.2) is 58.3 Å². The van der Waals surface area contributed by atoms with Crippen molar-refractivity contribution in [2.24, 2.45) is 5.92 Å². The standard InChI is InChI=1S/C25H29N3O4S3/c1-33-22-10-4-5-11-23(22)35(30,31)27-14-12-18(13-15-27)24(29)28(17-19-7-6-16-32-19)25-26-20-8-2-3-9-21(20)34-25/h2-5,8-11,18-19H,6-7,12-17H2,1H3. The Labute approximate surface area is 214 Å². The van der Waals surface area contributed by atoms with E-state index in [1.807, 2.05) is 42.7 Å². The largest absolute Gasteiger partial charge is 0.376 e. The number of ether oxygens (including phenoxy) is 1. The van der Waals surface area contributed by atoms with Crippen LogP contribution >= 0.6 is 23.1 Å². The van der Waals surface area contributed by atoms with Crippen LogP contribution in [0.3, 0.4) is 0 Å². The van der Waals surface area contributed by atoms with Crippen LogP contribution in [-0.2, 0) is 19.6 Å². The van der Waals surface area contributed by atoms with Crippen LogP contribution in [-0.4, -0.2) is 62.2 Å². The van der Waals surface area contributed by atoms with E-state index in [4.69, 9.17) is 9.72 Å². The molecule has 0 radical (unpaired) electrons. The van der Waals surface area contributed by atoms with Crippen molar-refractivity contribution in [2.45, 2.75) is 41.6 Å². The molecule has 5 rings (SSSR count). The molecule has 0 spiro atoms. The van der Waals surface area contributed by atoms with Gasteiger partial charge in [-0.15, -0.1) is 11.8 Å². The second-order valence-electron chi connectivity index (χ2n) is 8.88. The first kappa shape index (κ1) is 24.7. The fourth-order valence-electron chi connectivity index (χ4n) is 4.76. The maximum Gasteiger partial charge on any atom is 0.244 e. The summed E-state index contributed by atoms with van der Waals surface area (Å²) in [5.74, 6) is -0.230. The van der Waals surface area contributed by atoms with Crippen LogP contribution in [0.5, 0.6) is 0 Å². The Morgan fingerprint density at radius 1 is 1.14 bits per heavy atom. The predicted octanol–water partition coefficient (Wildman–Crippen LogP) is 4.63. The first-order valence-corrected chi connectivity index (χ1v) is 15.4. The second-order valence-corrected chi connectivity index (χ2v) is 12.6. The maximum atomic E-state index is 13.8. The van der Waals surface area contributed by atoms with E-state index < -0.39 is 10.0 Å². The number of sulfonamides is 1. The smallest absolute Gasteiger partial charge is 0.244 e. The van der Waals surface area contributed by atoms with Crippen molar-refractivity contribution >= 4 is 54.4 Å². The van der Waals surface area contributed by atoms with Crippen LogP contribution in [0, 0.1) is 5.92 Å². The van der Waals surface area contributed by atoms with Crippen LogP contribution < -0.4 is 4.90 Å². The zero-order valence-electron chi connectivity index (χ0n) is 19.6. The van der Waals surface area contributed by atoms with Gasteiger partial charge in [-0.2, -0.15) is 4.31 Å². The van der Waals surface area contributed by atoms with Crippen molar-refractivity contribution in [3.63, 3.8) is 0 Å². The summed E-state index contributed by atoms with van der Waals surface area (Å²) in [6.45, 7) is 1.86. The minimum Gasteiger partial charge on any atom is -0.376 e. The number of thioether (sulfide) groups is 1. The van der Waals surface area contributed by atoms with Gasteiger partial charge in [-0.05, 0) is 56.2 Å². The third kappa shape index (κ3) is 5.13. The van der Waals surface area contributed by atoms with E-state index in [1.165, 1.54) is 27.4 Å². The summed E-state index contributed by atoms with van der Waals surface area (Å²) in [5.41, 5.74) is 0.881. The number of fused-ring (bicyclic) bond motifs is 1. The van der Waals surface area contributed by atoms with Crippen LogP contribution in [0.2, 0.25) is 0 Å². The fraction of sp³-hybridized carbons (Fsp3) is 0.440. The first-order valence-electron chi connectivity index (χ1n) is 11.9. The van der Waals surface area contributed by atoms with Crippen molar-refractivity contribution in [1.82, 2.24) is 9.29 Å². The maximum absolute atomic E-state index is 13.8. The molecule has 3 aromatic rings. The minimum atomic E-state index is -3.60. The van der Waals surface area contributed by atoms with Crippen molar-refractivity contribution < 1.29 is 17.9 Å². The molecule has 10 heteroatoms. The number of hydrogen-bond acceptors (Lipinski definition) is 7. The topological polar surface area (TPSA) is 79.8 Å². The summed E-state index contributed by atoms with van der Waals surface area (Å²) >= 11 is 2.94. The molecule has 0 aliphatic carbocycles. The number of hydrogen-bond donors (Lipinski definition) is 0. The molecule has 0 N–H and O–H groups in total. The Morgan fingerprint density at radius 2 is 1.89 bits per heavy atom. The van der Waals surface area contributed by atoms with Gasteiger partial charge in [0.1, 0.15) is 0 Å². The molecule has 2 fully saturated rings. The van der Waals surface area contributed by atoms with E-state index in [0.717, 1.165) is 34.6 Å². The monoisotopic (exact) mass is 531 g/mol. The summed E-state index contributed by atoms with van der Waals surface area (Å²) in [5, 5.41) is 0.690. The highest BCUT2D eigenvalue weighted by Gasteiger charge is 2.36. The molecule has 2 aromatic carbocycles. The number of thiazole rings is 1. The Kier molecular flexibility index (Phi) is 7.45. The van der Waals surface area contributed by atoms with Gasteiger partial charge >= 0.3 is 0 Å². The molecule has 7 nitrogen and oxygen atoms in total. The van der Waals surface area contributed by atoms with E-state index >= 15 is 0 Å². The van der Waals surface area contributed by atoms with Gasteiger partial charge in [0, 0.05) is 30.5 Å². The lowest BCUT2D eigenvalue weighted by Crippen LogP contribution is -2.46. The molecule has 2 aliphatic heterocycles. The number of rotatable bonds is 7. The van der Waals surface area contributed by atoms with Crippen molar-refractivity contribution in [1.29, 1.82) is 0 Å². The molecule has 3 heterocycles. The van der Waals surface area contributed by atoms with E-state index in [0.29, 0.717) is 42.5 Å². The Bertz CT molecular complexity index is 1260. The van der Waals surface area contributed by atoms with Gasteiger partial charge in [-0.1, -0.05) is 35.6 Å². The number of carbonyl (C=O) groups is 1. The lowest BCUT2D eigenvalue weighted by Gasteiger charge is -2.33. The van der Waals surface area contributed by atoms with E-state index in [-0.39, 0.29) is 17.9 Å². The number of anilines is 1. The normalized spacial score (nSPS) is 19.9. The van der Waals surface area contributed by atoms with E-state index in [9.17, 15) is 13.2 Å². The number of para-hydroxylation sites is 1. The molecule has 2 aliphatic rings. The third-order valence-electron chi connectivity index (χ3n) is 6.68. The molecular formula is C25H29N3O4S3. The zero-order chi connectivity index (χ0) is 24.4. The van der Waals surface area contributed by atoms with Gasteiger partial charge in [-0.3, -0.25) is 9.69 Å². The Hall–Kier alpha value is -1.98. The number of nitrogens with zero attached hydrogens (tertiary/aromatic N) is 3. The highest BCUT2D eigenvalue weighted by atomic mass is 32.2. The Morgan fingerprint density at radius 3 is 2.60 bits per heavy atom. The van der Waals surface area contributed by atoms with Gasteiger partial charge in [-0.25, -0.2) is 13.4 Å². The van der Waals surface area contributed by atoms with Gasteiger partial charge < -0.3 is 4.74 Å². The molecule has 35 heavy (non-hydrogen) atoms. The van der Waals surface area contributed by atoms with Crippen LogP contribution in [0.25, 0.3) is 10.2 Å². The van der Waals surface area contributed by atoms with E-state index in [1.54, 1.807) is 17.0 Å². The predicted molar refractivity (Wildman–Crippen MR) is 141 cm³/mol. The van der Waals surface area contributed by atoms with Gasteiger partial charge in [0.15, 0.2) is 5.13 Å². The highest BCUT2D eigenvalue weighted by Crippen LogP contribution is 2.34. The van der Waals surface area contributed by atoms with Gasteiger partial charge in [0.25, 0.3) is 0 Å². The lowest BCUT2D eigenvalue weighted by molar-refractivity contribution is -0.123. The van der Waals surface area contributed by atoms with Gasteiger partial charge in [0.05, 0.1) is 27.8 Å². The minimum absolute atomic E-state index is 0.00877. The van der Waals surface area contributed by atoms with Crippen LogP contribution in [0.1, 0.15) is 25.7 Å². The summed E-state index contributed by atoms with van der Waals surface area (Å²) < 4.78 is 35.0. The van der Waals surface area contributed by atoms with Crippen molar-refractivity contribution in [2.75, 3.05) is 37.4 Å². The van der Waals surface area contributed by atoms with Gasteiger partial charge in [0.2, 0.25) is 15.9 Å².